The second-order valence-electron chi connectivity index (χ2n) is 5.60. The van der Waals surface area contributed by atoms with Crippen LogP contribution < -0.4 is 10.6 Å². The second kappa shape index (κ2) is 6.98. The van der Waals surface area contributed by atoms with Gasteiger partial charge in [-0.2, -0.15) is 0 Å². The maximum absolute atomic E-state index is 12.2. The maximum atomic E-state index is 12.2. The third kappa shape index (κ3) is 5.67. The van der Waals surface area contributed by atoms with E-state index in [1.807, 2.05) is 0 Å². The van der Waals surface area contributed by atoms with Gasteiger partial charge in [-0.15, -0.1) is 0 Å². The molecule has 2 N–H and O–H groups in total. The quantitative estimate of drug-likeness (QED) is 0.679. The molecule has 1 saturated heterocycles. The standard InChI is InChI=1S/C13H24N2O4/c1-13(2,3)19-11(16)7-9(14-4)12(17)10-8-15-5-6-18-10/h9-10,14-15H,5-8H2,1-4H3. The Morgan fingerprint density at radius 3 is 2.63 bits per heavy atom. The van der Waals surface area contributed by atoms with Crippen molar-refractivity contribution in [3.8, 4) is 0 Å². The highest BCUT2D eigenvalue weighted by atomic mass is 16.6. The smallest absolute Gasteiger partial charge is 0.308 e. The normalized spacial score (nSPS) is 21.8. The van der Waals surface area contributed by atoms with Crippen LogP contribution in [0.3, 0.4) is 0 Å². The van der Waals surface area contributed by atoms with Crippen molar-refractivity contribution in [3.63, 3.8) is 0 Å². The molecule has 110 valence electrons. The molecule has 1 aliphatic heterocycles. The zero-order valence-electron chi connectivity index (χ0n) is 12.1. The summed E-state index contributed by atoms with van der Waals surface area (Å²) in [6, 6.07) is -0.570. The van der Waals surface area contributed by atoms with Crippen LogP contribution >= 0.6 is 0 Å². The molecule has 1 rings (SSSR count). The minimum absolute atomic E-state index is 0.0203. The molecule has 0 saturated carbocycles. The zero-order valence-corrected chi connectivity index (χ0v) is 12.1. The number of rotatable bonds is 5. The molecule has 0 bridgehead atoms. The molecule has 1 aliphatic rings. The van der Waals surface area contributed by atoms with E-state index >= 15 is 0 Å². The summed E-state index contributed by atoms with van der Waals surface area (Å²) in [6.45, 7) is 7.16. The van der Waals surface area contributed by atoms with E-state index in [-0.39, 0.29) is 18.2 Å². The van der Waals surface area contributed by atoms with Gasteiger partial charge in [0, 0.05) is 13.1 Å². The lowest BCUT2D eigenvalue weighted by Crippen LogP contribution is -2.50. The molecule has 0 amide bonds. The number of esters is 1. The summed E-state index contributed by atoms with van der Waals surface area (Å²) in [4.78, 5) is 23.9. The largest absolute Gasteiger partial charge is 0.460 e. The first kappa shape index (κ1) is 16.1. The fourth-order valence-electron chi connectivity index (χ4n) is 1.87. The molecule has 0 aromatic heterocycles. The average molecular weight is 272 g/mol. The summed E-state index contributed by atoms with van der Waals surface area (Å²) in [7, 11) is 1.66. The highest BCUT2D eigenvalue weighted by Gasteiger charge is 2.31. The summed E-state index contributed by atoms with van der Waals surface area (Å²) in [5.41, 5.74) is -0.540. The molecule has 2 atom stereocenters. The Kier molecular flexibility index (Phi) is 5.90. The van der Waals surface area contributed by atoms with Crippen LogP contribution in [0.2, 0.25) is 0 Å². The minimum atomic E-state index is -0.570. The van der Waals surface area contributed by atoms with Crippen LogP contribution in [0.25, 0.3) is 0 Å². The van der Waals surface area contributed by atoms with Crippen LogP contribution in [0.15, 0.2) is 0 Å². The van der Waals surface area contributed by atoms with E-state index in [9.17, 15) is 9.59 Å². The number of carbonyl (C=O) groups excluding carboxylic acids is 2. The molecule has 0 aromatic carbocycles. The number of likely N-dealkylation sites (N-methyl/N-ethyl adjacent to an activating group) is 1. The molecule has 0 spiro atoms. The van der Waals surface area contributed by atoms with Crippen LogP contribution in [0.5, 0.6) is 0 Å². The van der Waals surface area contributed by atoms with E-state index in [0.717, 1.165) is 6.54 Å². The van der Waals surface area contributed by atoms with Gasteiger partial charge in [-0.25, -0.2) is 0 Å². The first-order valence-electron chi connectivity index (χ1n) is 6.58. The summed E-state index contributed by atoms with van der Waals surface area (Å²) in [6.07, 6.45) is -0.472. The molecule has 6 heteroatoms. The van der Waals surface area contributed by atoms with Crippen molar-refractivity contribution >= 4 is 11.8 Å². The molecule has 0 aromatic rings. The van der Waals surface area contributed by atoms with Gasteiger partial charge < -0.3 is 20.1 Å². The first-order chi connectivity index (χ1) is 8.83. The number of nitrogens with one attached hydrogen (secondary N) is 2. The average Bonchev–Trinajstić information content (AvgIpc) is 2.34. The predicted molar refractivity (Wildman–Crippen MR) is 70.9 cm³/mol. The molecule has 2 unspecified atom stereocenters. The van der Waals surface area contributed by atoms with Crippen molar-refractivity contribution in [2.45, 2.75) is 44.9 Å². The number of carbonyl (C=O) groups is 2. The molecular weight excluding hydrogens is 248 g/mol. The predicted octanol–water partition coefficient (Wildman–Crippen LogP) is -0.136. The topological polar surface area (TPSA) is 76.7 Å². The first-order valence-corrected chi connectivity index (χ1v) is 6.58. The van der Waals surface area contributed by atoms with E-state index in [2.05, 4.69) is 10.6 Å². The Hall–Kier alpha value is -0.980. The van der Waals surface area contributed by atoms with Gasteiger partial charge >= 0.3 is 5.97 Å². The fraction of sp³-hybridized carbons (Fsp3) is 0.846. The highest BCUT2D eigenvalue weighted by molar-refractivity contribution is 5.91. The lowest BCUT2D eigenvalue weighted by atomic mass is 10.0. The van der Waals surface area contributed by atoms with Gasteiger partial charge in [0.2, 0.25) is 0 Å². The van der Waals surface area contributed by atoms with E-state index in [0.29, 0.717) is 13.2 Å². The van der Waals surface area contributed by atoms with Crippen LogP contribution in [0.4, 0.5) is 0 Å². The fourth-order valence-corrected chi connectivity index (χ4v) is 1.87. The Balaban J connectivity index is 2.52. The summed E-state index contributed by atoms with van der Waals surface area (Å²) in [5, 5.41) is 5.95. The van der Waals surface area contributed by atoms with Crippen LogP contribution in [-0.4, -0.2) is 56.2 Å². The van der Waals surface area contributed by atoms with Crippen molar-refractivity contribution < 1.29 is 19.1 Å². The Morgan fingerprint density at radius 1 is 1.47 bits per heavy atom. The lowest BCUT2D eigenvalue weighted by Gasteiger charge is -2.27. The number of morpholine rings is 1. The van der Waals surface area contributed by atoms with E-state index in [1.54, 1.807) is 27.8 Å². The lowest BCUT2D eigenvalue weighted by molar-refractivity contribution is -0.157. The highest BCUT2D eigenvalue weighted by Crippen LogP contribution is 2.11. The summed E-state index contributed by atoms with van der Waals surface area (Å²) in [5.74, 6) is -0.496. The van der Waals surface area contributed by atoms with Crippen molar-refractivity contribution in [1.29, 1.82) is 0 Å². The zero-order chi connectivity index (χ0) is 14.5. The van der Waals surface area contributed by atoms with E-state index < -0.39 is 17.7 Å². The van der Waals surface area contributed by atoms with Crippen LogP contribution in [0.1, 0.15) is 27.2 Å². The van der Waals surface area contributed by atoms with Crippen molar-refractivity contribution in [2.75, 3.05) is 26.7 Å². The van der Waals surface area contributed by atoms with Crippen LogP contribution in [-0.2, 0) is 19.1 Å². The van der Waals surface area contributed by atoms with Crippen LogP contribution in [0, 0.1) is 0 Å². The number of hydrogen-bond donors (Lipinski definition) is 2. The van der Waals surface area contributed by atoms with Crippen molar-refractivity contribution in [3.05, 3.63) is 0 Å². The van der Waals surface area contributed by atoms with Gasteiger partial charge in [0.1, 0.15) is 11.7 Å². The summed E-state index contributed by atoms with van der Waals surface area (Å²) >= 11 is 0. The third-order valence-electron chi connectivity index (χ3n) is 2.73. The molecule has 0 aliphatic carbocycles. The molecule has 19 heavy (non-hydrogen) atoms. The summed E-state index contributed by atoms with van der Waals surface area (Å²) < 4.78 is 10.6. The maximum Gasteiger partial charge on any atom is 0.308 e. The molecule has 1 fully saturated rings. The van der Waals surface area contributed by atoms with Gasteiger partial charge in [0.15, 0.2) is 5.78 Å². The van der Waals surface area contributed by atoms with Crippen molar-refractivity contribution in [2.24, 2.45) is 0 Å². The number of ketones is 1. The second-order valence-corrected chi connectivity index (χ2v) is 5.60. The SMILES string of the molecule is CNC(CC(=O)OC(C)(C)C)C(=O)C1CNCCO1. The third-order valence-corrected chi connectivity index (χ3v) is 2.73. The van der Waals surface area contributed by atoms with E-state index in [1.165, 1.54) is 0 Å². The molecule has 6 nitrogen and oxygen atoms in total. The molecule has 1 heterocycles. The number of Topliss-reactive ketones (excluding diaryl/α,β-unsaturated/α-hetero) is 1. The monoisotopic (exact) mass is 272 g/mol. The van der Waals surface area contributed by atoms with Gasteiger partial charge in [0.05, 0.1) is 19.1 Å². The van der Waals surface area contributed by atoms with Gasteiger partial charge in [-0.05, 0) is 27.8 Å². The van der Waals surface area contributed by atoms with Crippen molar-refractivity contribution in [1.82, 2.24) is 10.6 Å². The van der Waals surface area contributed by atoms with Gasteiger partial charge in [-0.1, -0.05) is 0 Å². The van der Waals surface area contributed by atoms with Gasteiger partial charge in [0.25, 0.3) is 0 Å². The molecular formula is C13H24N2O4. The van der Waals surface area contributed by atoms with Gasteiger partial charge in [-0.3, -0.25) is 9.59 Å². The Morgan fingerprint density at radius 2 is 2.16 bits per heavy atom. The minimum Gasteiger partial charge on any atom is -0.460 e. The Labute approximate surface area is 114 Å². The number of hydrogen-bond acceptors (Lipinski definition) is 6. The number of ether oxygens (including phenoxy) is 2. The van der Waals surface area contributed by atoms with E-state index in [4.69, 9.17) is 9.47 Å². The molecule has 0 radical (unpaired) electrons. The Bertz CT molecular complexity index is 319.